The van der Waals surface area contributed by atoms with Crippen LogP contribution in [0, 0.1) is 5.82 Å². The highest BCUT2D eigenvalue weighted by Crippen LogP contribution is 2.20. The van der Waals surface area contributed by atoms with Crippen molar-refractivity contribution < 1.29 is 27.5 Å². The van der Waals surface area contributed by atoms with Crippen LogP contribution >= 0.6 is 15.9 Å². The Labute approximate surface area is 115 Å². The van der Waals surface area contributed by atoms with Crippen LogP contribution in [0.5, 0.6) is 0 Å². The van der Waals surface area contributed by atoms with Gasteiger partial charge in [0.2, 0.25) is 0 Å². The Morgan fingerprint density at radius 2 is 2.00 bits per heavy atom. The van der Waals surface area contributed by atoms with Crippen LogP contribution in [0.2, 0.25) is 0 Å². The van der Waals surface area contributed by atoms with E-state index in [9.17, 15) is 22.4 Å². The molecule has 0 saturated heterocycles. The van der Waals surface area contributed by atoms with E-state index >= 15 is 0 Å². The Kier molecular flexibility index (Phi) is 5.30. The van der Waals surface area contributed by atoms with E-state index < -0.39 is 31.1 Å². The summed E-state index contributed by atoms with van der Waals surface area (Å²) in [4.78, 5) is 11.2. The van der Waals surface area contributed by atoms with Crippen molar-refractivity contribution in [3.63, 3.8) is 0 Å². The van der Waals surface area contributed by atoms with Crippen LogP contribution in [0.3, 0.4) is 0 Å². The smallest absolute Gasteiger partial charge is 0.401 e. The van der Waals surface area contributed by atoms with E-state index in [0.717, 1.165) is 6.07 Å². The fourth-order valence-electron chi connectivity index (χ4n) is 1.51. The predicted octanol–water partition coefficient (Wildman–Crippen LogP) is 3.04. The first-order valence-electron chi connectivity index (χ1n) is 5.12. The maximum absolute atomic E-state index is 13.2. The van der Waals surface area contributed by atoms with E-state index in [4.69, 9.17) is 5.11 Å². The quantitative estimate of drug-likeness (QED) is 0.835. The number of alkyl halides is 3. The molecule has 106 valence electrons. The highest BCUT2D eigenvalue weighted by atomic mass is 79.9. The van der Waals surface area contributed by atoms with Gasteiger partial charge in [-0.3, -0.25) is 9.69 Å². The van der Waals surface area contributed by atoms with Crippen LogP contribution in [0.25, 0.3) is 0 Å². The van der Waals surface area contributed by atoms with Gasteiger partial charge in [0.15, 0.2) is 0 Å². The Balaban J connectivity index is 2.81. The number of benzene rings is 1. The third-order valence-corrected chi connectivity index (χ3v) is 2.80. The third-order valence-electron chi connectivity index (χ3n) is 2.15. The lowest BCUT2D eigenvalue weighted by Gasteiger charge is -2.21. The number of hydrogen-bond acceptors (Lipinski definition) is 2. The van der Waals surface area contributed by atoms with Crippen molar-refractivity contribution >= 4 is 21.9 Å². The van der Waals surface area contributed by atoms with Crippen molar-refractivity contribution in [2.45, 2.75) is 12.7 Å². The summed E-state index contributed by atoms with van der Waals surface area (Å²) < 4.78 is 50.3. The maximum atomic E-state index is 13.2. The van der Waals surface area contributed by atoms with Crippen molar-refractivity contribution in [3.8, 4) is 0 Å². The predicted molar refractivity (Wildman–Crippen MR) is 63.1 cm³/mol. The molecule has 0 amide bonds. The number of hydrogen-bond donors (Lipinski definition) is 1. The van der Waals surface area contributed by atoms with Crippen LogP contribution in [-0.2, 0) is 11.3 Å². The monoisotopic (exact) mass is 343 g/mol. The highest BCUT2D eigenvalue weighted by molar-refractivity contribution is 9.10. The van der Waals surface area contributed by atoms with E-state index in [2.05, 4.69) is 15.9 Å². The molecule has 3 nitrogen and oxygen atoms in total. The topological polar surface area (TPSA) is 40.5 Å². The second-order valence-corrected chi connectivity index (χ2v) is 4.76. The second-order valence-electron chi connectivity index (χ2n) is 3.90. The molecule has 0 aromatic heterocycles. The zero-order valence-corrected chi connectivity index (χ0v) is 11.1. The molecule has 1 aromatic carbocycles. The lowest BCUT2D eigenvalue weighted by Crippen LogP contribution is -2.37. The Morgan fingerprint density at radius 1 is 1.37 bits per heavy atom. The van der Waals surface area contributed by atoms with Crippen LogP contribution in [0.15, 0.2) is 22.7 Å². The van der Waals surface area contributed by atoms with Gasteiger partial charge in [0.25, 0.3) is 0 Å². The first-order valence-corrected chi connectivity index (χ1v) is 5.91. The van der Waals surface area contributed by atoms with Gasteiger partial charge in [-0.25, -0.2) is 4.39 Å². The third kappa shape index (κ3) is 6.02. The lowest BCUT2D eigenvalue weighted by molar-refractivity contribution is -0.154. The molecule has 0 heterocycles. The molecule has 8 heteroatoms. The molecule has 1 aromatic rings. The van der Waals surface area contributed by atoms with Crippen LogP contribution < -0.4 is 0 Å². The molecule has 0 aliphatic carbocycles. The summed E-state index contributed by atoms with van der Waals surface area (Å²) in [5.74, 6) is -1.98. The van der Waals surface area contributed by atoms with Gasteiger partial charge in [0.05, 0.1) is 17.6 Å². The van der Waals surface area contributed by atoms with Gasteiger partial charge >= 0.3 is 12.1 Å². The summed E-state index contributed by atoms with van der Waals surface area (Å²) in [5.41, 5.74) is 0.270. The minimum absolute atomic E-state index is 0.192. The zero-order valence-electron chi connectivity index (χ0n) is 9.55. The van der Waals surface area contributed by atoms with Crippen LogP contribution in [0.4, 0.5) is 17.6 Å². The Morgan fingerprint density at radius 3 is 2.47 bits per heavy atom. The second kappa shape index (κ2) is 6.33. The molecule has 1 N–H and O–H groups in total. The van der Waals surface area contributed by atoms with Crippen molar-refractivity contribution in [2.75, 3.05) is 13.1 Å². The molecule has 0 atom stereocenters. The minimum atomic E-state index is -4.51. The van der Waals surface area contributed by atoms with Crippen molar-refractivity contribution in [3.05, 3.63) is 34.1 Å². The average Bonchev–Trinajstić information content (AvgIpc) is 2.20. The normalized spacial score (nSPS) is 11.9. The van der Waals surface area contributed by atoms with Gasteiger partial charge in [0, 0.05) is 6.54 Å². The molecule has 0 radical (unpaired) electrons. The Bertz CT molecular complexity index is 464. The lowest BCUT2D eigenvalue weighted by atomic mass is 10.2. The fraction of sp³-hybridized carbons (Fsp3) is 0.364. The number of aliphatic carboxylic acids is 1. The number of nitrogens with zero attached hydrogens (tertiary/aromatic N) is 1. The number of carboxylic acid groups (broad SMARTS) is 1. The van der Waals surface area contributed by atoms with Gasteiger partial charge in [-0.15, -0.1) is 0 Å². The molecule has 0 aliphatic heterocycles. The van der Waals surface area contributed by atoms with Crippen molar-refractivity contribution in [1.29, 1.82) is 0 Å². The number of carboxylic acids is 1. The van der Waals surface area contributed by atoms with Gasteiger partial charge in [-0.1, -0.05) is 6.07 Å². The number of carbonyl (C=O) groups is 1. The molecular weight excluding hydrogens is 334 g/mol. The van der Waals surface area contributed by atoms with E-state index in [1.807, 2.05) is 0 Å². The summed E-state index contributed by atoms with van der Waals surface area (Å²) >= 11 is 2.92. The summed E-state index contributed by atoms with van der Waals surface area (Å²) in [6.45, 7) is -2.43. The average molecular weight is 344 g/mol. The first-order chi connectivity index (χ1) is 8.67. The minimum Gasteiger partial charge on any atom is -0.480 e. The summed E-state index contributed by atoms with van der Waals surface area (Å²) in [7, 11) is 0. The molecule has 0 spiro atoms. The molecule has 1 rings (SSSR count). The standard InChI is InChI=1S/C11H10BrF4NO2/c12-8-2-1-7(3-9(8)13)4-17(5-10(18)19)6-11(14,15)16/h1-3H,4-6H2,(H,18,19). The van der Waals surface area contributed by atoms with Gasteiger partial charge in [-0.05, 0) is 33.6 Å². The number of halogens is 5. The molecule has 0 fully saturated rings. The Hall–Kier alpha value is -1.15. The van der Waals surface area contributed by atoms with E-state index in [1.165, 1.54) is 12.1 Å². The van der Waals surface area contributed by atoms with Crippen molar-refractivity contribution in [1.82, 2.24) is 4.90 Å². The highest BCUT2D eigenvalue weighted by Gasteiger charge is 2.31. The summed E-state index contributed by atoms with van der Waals surface area (Å²) in [6, 6.07) is 3.85. The first kappa shape index (κ1) is 15.9. The fourth-order valence-corrected chi connectivity index (χ4v) is 1.76. The van der Waals surface area contributed by atoms with Crippen LogP contribution in [0.1, 0.15) is 5.56 Å². The molecule has 0 saturated carbocycles. The largest absolute Gasteiger partial charge is 0.480 e. The van der Waals surface area contributed by atoms with E-state index in [-0.39, 0.29) is 16.6 Å². The summed E-state index contributed by atoms with van der Waals surface area (Å²) in [5, 5.41) is 8.57. The number of rotatable bonds is 5. The van der Waals surface area contributed by atoms with E-state index in [0.29, 0.717) is 4.90 Å². The zero-order chi connectivity index (χ0) is 14.6. The van der Waals surface area contributed by atoms with Crippen LogP contribution in [-0.4, -0.2) is 35.2 Å². The van der Waals surface area contributed by atoms with Gasteiger partial charge in [0.1, 0.15) is 5.82 Å². The maximum Gasteiger partial charge on any atom is 0.401 e. The summed E-state index contributed by atoms with van der Waals surface area (Å²) in [6.07, 6.45) is -4.51. The molecule has 0 bridgehead atoms. The molecule has 0 unspecified atom stereocenters. The van der Waals surface area contributed by atoms with Crippen molar-refractivity contribution in [2.24, 2.45) is 0 Å². The SMILES string of the molecule is O=C(O)CN(Cc1ccc(Br)c(F)c1)CC(F)(F)F. The molecule has 0 aliphatic rings. The molecule has 19 heavy (non-hydrogen) atoms. The van der Waals surface area contributed by atoms with E-state index in [1.54, 1.807) is 0 Å². The molecular formula is C11H10BrF4NO2. The van der Waals surface area contributed by atoms with Gasteiger partial charge < -0.3 is 5.11 Å². The van der Waals surface area contributed by atoms with Gasteiger partial charge in [-0.2, -0.15) is 13.2 Å².